The van der Waals surface area contributed by atoms with E-state index in [2.05, 4.69) is 15.2 Å². The van der Waals surface area contributed by atoms with E-state index in [-0.39, 0.29) is 28.2 Å². The third-order valence-electron chi connectivity index (χ3n) is 7.91. The highest BCUT2D eigenvalue weighted by Gasteiger charge is 2.59. The molecule has 182 valence electrons. The quantitative estimate of drug-likeness (QED) is 0.382. The lowest BCUT2D eigenvalue weighted by Crippen LogP contribution is -2.57. The molecule has 2 unspecified atom stereocenters. The number of primary amides is 1. The van der Waals surface area contributed by atoms with E-state index in [0.717, 1.165) is 37.7 Å². The molecular weight excluding hydrogens is 452 g/mol. The highest BCUT2D eigenvalue weighted by molar-refractivity contribution is 5.75. The van der Waals surface area contributed by atoms with Crippen molar-refractivity contribution in [2.24, 2.45) is 23.0 Å². The molecule has 4 aliphatic rings. The fourth-order valence-corrected chi connectivity index (χ4v) is 7.16. The van der Waals surface area contributed by atoms with Gasteiger partial charge >= 0.3 is 5.69 Å². The molecular formula is C24H26N6O5. The van der Waals surface area contributed by atoms with Crippen LogP contribution in [0.3, 0.4) is 0 Å². The topological polar surface area (TPSA) is 152 Å². The van der Waals surface area contributed by atoms with E-state index in [4.69, 9.17) is 15.0 Å². The van der Waals surface area contributed by atoms with Gasteiger partial charge in [0.25, 0.3) is 5.91 Å². The molecule has 4 bridgehead atoms. The number of ether oxygens (including phenoxy) is 1. The summed E-state index contributed by atoms with van der Waals surface area (Å²) in [4.78, 5) is 26.4. The third kappa shape index (κ3) is 3.94. The molecule has 1 aromatic carbocycles. The number of amides is 1. The Hall–Kier alpha value is -3.76. The lowest BCUT2D eigenvalue weighted by Gasteiger charge is -2.61. The van der Waals surface area contributed by atoms with Crippen molar-refractivity contribution in [1.82, 2.24) is 19.9 Å². The van der Waals surface area contributed by atoms with Gasteiger partial charge in [0.2, 0.25) is 11.7 Å². The Morgan fingerprint density at radius 2 is 1.97 bits per heavy atom. The summed E-state index contributed by atoms with van der Waals surface area (Å²) in [6.45, 7) is -0.177. The number of nitro groups is 1. The Morgan fingerprint density at radius 3 is 2.63 bits per heavy atom. The Balaban J connectivity index is 1.21. The largest absolute Gasteiger partial charge is 0.484 e. The number of aromatic nitrogens is 4. The van der Waals surface area contributed by atoms with Crippen LogP contribution in [0, 0.1) is 27.4 Å². The van der Waals surface area contributed by atoms with E-state index in [9.17, 15) is 14.9 Å². The summed E-state index contributed by atoms with van der Waals surface area (Å²) in [6, 6.07) is 7.10. The zero-order valence-electron chi connectivity index (χ0n) is 19.1. The van der Waals surface area contributed by atoms with Crippen LogP contribution in [0.5, 0.6) is 5.75 Å². The number of carbonyl (C=O) groups excluding carboxylic acids is 1. The molecule has 3 aromatic rings. The van der Waals surface area contributed by atoms with Crippen molar-refractivity contribution < 1.29 is 19.0 Å². The summed E-state index contributed by atoms with van der Waals surface area (Å²) in [5, 5.41) is 19.9. The van der Waals surface area contributed by atoms with Gasteiger partial charge in [-0.15, -0.1) is 0 Å². The van der Waals surface area contributed by atoms with Gasteiger partial charge in [0.05, 0.1) is 10.5 Å². The number of benzene rings is 1. The van der Waals surface area contributed by atoms with E-state index in [1.807, 2.05) is 16.8 Å². The first kappa shape index (κ1) is 21.8. The molecule has 0 saturated heterocycles. The maximum atomic E-state index is 11.2. The van der Waals surface area contributed by atoms with Crippen LogP contribution in [0.15, 0.2) is 41.2 Å². The number of rotatable bonds is 8. The fourth-order valence-electron chi connectivity index (χ4n) is 7.16. The maximum Gasteiger partial charge on any atom is 0.307 e. The van der Waals surface area contributed by atoms with Crippen molar-refractivity contribution in [2.45, 2.75) is 50.5 Å². The third-order valence-corrected chi connectivity index (χ3v) is 7.91. The van der Waals surface area contributed by atoms with E-state index in [0.29, 0.717) is 35.7 Å². The minimum atomic E-state index is -0.533. The van der Waals surface area contributed by atoms with E-state index < -0.39 is 5.91 Å². The predicted octanol–water partition coefficient (Wildman–Crippen LogP) is 3.24. The summed E-state index contributed by atoms with van der Waals surface area (Å²) in [6.07, 6.45) is 10.0. The zero-order valence-corrected chi connectivity index (χ0v) is 19.1. The standard InChI is InChI=1S/C24H26N6O5/c25-20(31)13-34-19-3-1-17(2-4-19)22-27-21(35-28-22)10-23-6-15-5-16(7-23)9-24(8-15,14-23)29-12-18(11-26-29)30(32)33/h1-4,11-12,15-16H,5-10,13-14H2,(H2,25,31). The van der Waals surface area contributed by atoms with Gasteiger partial charge < -0.3 is 15.0 Å². The molecule has 0 aliphatic heterocycles. The van der Waals surface area contributed by atoms with Crippen LogP contribution in [0.2, 0.25) is 0 Å². The number of carbonyl (C=O) groups is 1. The van der Waals surface area contributed by atoms with Crippen molar-refractivity contribution in [1.29, 1.82) is 0 Å². The highest BCUT2D eigenvalue weighted by Crippen LogP contribution is 2.65. The summed E-state index contributed by atoms with van der Waals surface area (Å²) in [7, 11) is 0. The van der Waals surface area contributed by atoms with Crippen LogP contribution in [0.25, 0.3) is 11.4 Å². The van der Waals surface area contributed by atoms with Gasteiger partial charge in [-0.25, -0.2) is 0 Å². The van der Waals surface area contributed by atoms with Gasteiger partial charge in [0.15, 0.2) is 6.61 Å². The molecule has 2 N–H and O–H groups in total. The summed E-state index contributed by atoms with van der Waals surface area (Å²) in [5.41, 5.74) is 5.80. The van der Waals surface area contributed by atoms with Crippen LogP contribution in [-0.2, 0) is 16.8 Å². The molecule has 7 rings (SSSR count). The first-order valence-corrected chi connectivity index (χ1v) is 11.9. The average molecular weight is 479 g/mol. The molecule has 4 aliphatic carbocycles. The number of nitrogens with zero attached hydrogens (tertiary/aromatic N) is 5. The fraction of sp³-hybridized carbons (Fsp3) is 0.500. The van der Waals surface area contributed by atoms with Gasteiger partial charge in [-0.05, 0) is 80.0 Å². The molecule has 2 heterocycles. The maximum absolute atomic E-state index is 11.2. The normalized spacial score (nSPS) is 28.8. The minimum Gasteiger partial charge on any atom is -0.484 e. The highest BCUT2D eigenvalue weighted by atomic mass is 16.6. The first-order chi connectivity index (χ1) is 16.8. The molecule has 11 nitrogen and oxygen atoms in total. The van der Waals surface area contributed by atoms with Gasteiger partial charge in [-0.1, -0.05) is 5.16 Å². The van der Waals surface area contributed by atoms with Crippen LogP contribution in [0.1, 0.15) is 44.4 Å². The van der Waals surface area contributed by atoms with Crippen molar-refractivity contribution in [3.05, 3.63) is 52.7 Å². The predicted molar refractivity (Wildman–Crippen MR) is 122 cm³/mol. The van der Waals surface area contributed by atoms with Crippen molar-refractivity contribution in [3.8, 4) is 17.1 Å². The average Bonchev–Trinajstić information content (AvgIpc) is 3.47. The molecule has 0 spiro atoms. The van der Waals surface area contributed by atoms with Crippen LogP contribution >= 0.6 is 0 Å². The molecule has 0 radical (unpaired) electrons. The Kier molecular flexibility index (Phi) is 4.90. The second-order valence-electron chi connectivity index (χ2n) is 10.6. The van der Waals surface area contributed by atoms with Crippen molar-refractivity contribution in [3.63, 3.8) is 0 Å². The molecule has 35 heavy (non-hydrogen) atoms. The Labute approximate surface area is 200 Å². The van der Waals surface area contributed by atoms with Gasteiger partial charge in [0, 0.05) is 12.0 Å². The zero-order chi connectivity index (χ0) is 24.2. The second-order valence-corrected chi connectivity index (χ2v) is 10.6. The van der Waals surface area contributed by atoms with Crippen molar-refractivity contribution >= 4 is 11.6 Å². The van der Waals surface area contributed by atoms with Crippen LogP contribution in [-0.4, -0.2) is 37.4 Å². The van der Waals surface area contributed by atoms with Crippen molar-refractivity contribution in [2.75, 3.05) is 6.61 Å². The molecule has 2 aromatic heterocycles. The molecule has 11 heteroatoms. The van der Waals surface area contributed by atoms with E-state index in [1.165, 1.54) is 12.6 Å². The van der Waals surface area contributed by atoms with Gasteiger partial charge in [-0.2, -0.15) is 10.1 Å². The van der Waals surface area contributed by atoms with E-state index in [1.54, 1.807) is 18.3 Å². The number of nitrogens with two attached hydrogens (primary N) is 1. The van der Waals surface area contributed by atoms with E-state index >= 15 is 0 Å². The molecule has 4 saturated carbocycles. The van der Waals surface area contributed by atoms with Gasteiger partial charge in [0.1, 0.15) is 18.1 Å². The van der Waals surface area contributed by atoms with Crippen LogP contribution < -0.4 is 10.5 Å². The number of hydrogen-bond donors (Lipinski definition) is 1. The second kappa shape index (κ2) is 7.89. The summed E-state index contributed by atoms with van der Waals surface area (Å²) in [5.74, 6) is 2.27. The van der Waals surface area contributed by atoms with Crippen LogP contribution in [0.4, 0.5) is 5.69 Å². The SMILES string of the molecule is NC(=O)COc1ccc(-c2noc(CC34CC5CC(C3)CC(n3cc([N+](=O)[O-])cn3)(C5)C4)n2)cc1. The summed E-state index contributed by atoms with van der Waals surface area (Å²) < 4.78 is 12.8. The van der Waals surface area contributed by atoms with Gasteiger partial charge in [-0.3, -0.25) is 19.6 Å². The first-order valence-electron chi connectivity index (χ1n) is 11.9. The lowest BCUT2D eigenvalue weighted by atomic mass is 9.46. The lowest BCUT2D eigenvalue weighted by molar-refractivity contribution is -0.385. The molecule has 4 fully saturated rings. The smallest absolute Gasteiger partial charge is 0.307 e. The monoisotopic (exact) mass is 478 g/mol. The molecule has 2 atom stereocenters. The summed E-state index contributed by atoms with van der Waals surface area (Å²) >= 11 is 0. The number of hydrogen-bond acceptors (Lipinski definition) is 8. The minimum absolute atomic E-state index is 0.0288. The molecule has 1 amide bonds. The Morgan fingerprint density at radius 1 is 1.23 bits per heavy atom. The Bertz CT molecular complexity index is 1270.